The summed E-state index contributed by atoms with van der Waals surface area (Å²) in [5.74, 6) is 0.363. The second kappa shape index (κ2) is 6.85. The van der Waals surface area contributed by atoms with Crippen molar-refractivity contribution in [3.05, 3.63) is 0 Å². The Hall–Kier alpha value is -0.160. The van der Waals surface area contributed by atoms with E-state index in [-0.39, 0.29) is 11.7 Å². The summed E-state index contributed by atoms with van der Waals surface area (Å²) in [4.78, 5) is 0. The zero-order valence-corrected chi connectivity index (χ0v) is 11.4. The quantitative estimate of drug-likeness (QED) is 0.737. The van der Waals surface area contributed by atoms with E-state index in [9.17, 15) is 5.11 Å². The Morgan fingerprint density at radius 2 is 2.33 bits per heavy atom. The zero-order chi connectivity index (χ0) is 12.8. The topological polar surface area (TPSA) is 47.9 Å². The molecule has 1 spiro atoms. The average molecular weight is 258 g/mol. The molecule has 0 aromatic rings. The van der Waals surface area contributed by atoms with Crippen molar-refractivity contribution in [3.8, 4) is 0 Å². The van der Waals surface area contributed by atoms with Crippen LogP contribution in [-0.2, 0) is 14.2 Å². The molecular weight excluding hydrogens is 232 g/mol. The molecule has 0 aliphatic carbocycles. The van der Waals surface area contributed by atoms with Crippen LogP contribution in [-0.4, -0.2) is 49.8 Å². The van der Waals surface area contributed by atoms with Gasteiger partial charge in [0, 0.05) is 32.8 Å². The highest BCUT2D eigenvalue weighted by atomic mass is 16.6. The SMILES string of the molecule is CCOCCCC(O)C1CCOC2(CCOC2)C1. The molecule has 2 aliphatic heterocycles. The smallest absolute Gasteiger partial charge is 0.0940 e. The lowest BCUT2D eigenvalue weighted by Crippen LogP contribution is -2.43. The Labute approximate surface area is 110 Å². The molecule has 2 saturated heterocycles. The van der Waals surface area contributed by atoms with Gasteiger partial charge in [-0.15, -0.1) is 0 Å². The summed E-state index contributed by atoms with van der Waals surface area (Å²) in [6, 6.07) is 0. The van der Waals surface area contributed by atoms with Crippen molar-refractivity contribution in [1.82, 2.24) is 0 Å². The molecule has 2 rings (SSSR count). The van der Waals surface area contributed by atoms with Crippen molar-refractivity contribution in [1.29, 1.82) is 0 Å². The minimum Gasteiger partial charge on any atom is -0.393 e. The molecule has 0 aromatic heterocycles. The Kier molecular flexibility index (Phi) is 5.42. The fourth-order valence-electron chi connectivity index (χ4n) is 3.03. The van der Waals surface area contributed by atoms with Crippen LogP contribution in [0.1, 0.15) is 39.0 Å². The lowest BCUT2D eigenvalue weighted by atomic mass is 9.81. The van der Waals surface area contributed by atoms with Crippen LogP contribution in [0.4, 0.5) is 0 Å². The maximum Gasteiger partial charge on any atom is 0.0940 e. The first kappa shape index (κ1) is 14.3. The fourth-order valence-corrected chi connectivity index (χ4v) is 3.03. The average Bonchev–Trinajstić information content (AvgIpc) is 2.82. The molecule has 4 heteroatoms. The number of ether oxygens (including phenoxy) is 3. The highest BCUT2D eigenvalue weighted by Crippen LogP contribution is 2.37. The van der Waals surface area contributed by atoms with Gasteiger partial charge in [-0.2, -0.15) is 0 Å². The summed E-state index contributed by atoms with van der Waals surface area (Å²) in [5.41, 5.74) is -0.0934. The van der Waals surface area contributed by atoms with Gasteiger partial charge < -0.3 is 19.3 Å². The van der Waals surface area contributed by atoms with Crippen LogP contribution in [0.2, 0.25) is 0 Å². The number of rotatable bonds is 6. The first-order valence-corrected chi connectivity index (χ1v) is 7.23. The van der Waals surface area contributed by atoms with E-state index in [0.717, 1.165) is 58.5 Å². The molecule has 2 heterocycles. The van der Waals surface area contributed by atoms with E-state index in [1.165, 1.54) is 0 Å². The maximum atomic E-state index is 10.3. The Balaban J connectivity index is 1.74. The fraction of sp³-hybridized carbons (Fsp3) is 1.00. The Morgan fingerprint density at radius 3 is 3.06 bits per heavy atom. The van der Waals surface area contributed by atoms with Crippen LogP contribution < -0.4 is 0 Å². The van der Waals surface area contributed by atoms with Gasteiger partial charge in [0.1, 0.15) is 0 Å². The summed E-state index contributed by atoms with van der Waals surface area (Å²) in [6.07, 6.45) is 4.46. The minimum atomic E-state index is -0.216. The number of aliphatic hydroxyl groups excluding tert-OH is 1. The molecule has 0 amide bonds. The van der Waals surface area contributed by atoms with Crippen LogP contribution in [0.3, 0.4) is 0 Å². The van der Waals surface area contributed by atoms with Gasteiger partial charge in [-0.25, -0.2) is 0 Å². The van der Waals surface area contributed by atoms with Crippen molar-refractivity contribution in [2.24, 2.45) is 5.92 Å². The molecule has 106 valence electrons. The molecule has 1 N–H and O–H groups in total. The summed E-state index contributed by atoms with van der Waals surface area (Å²) < 4.78 is 16.7. The van der Waals surface area contributed by atoms with Crippen molar-refractivity contribution in [3.63, 3.8) is 0 Å². The van der Waals surface area contributed by atoms with Gasteiger partial charge in [0.05, 0.1) is 18.3 Å². The Bertz CT molecular complexity index is 238. The molecule has 18 heavy (non-hydrogen) atoms. The molecule has 0 aromatic carbocycles. The van der Waals surface area contributed by atoms with Crippen molar-refractivity contribution in [2.45, 2.75) is 50.7 Å². The Morgan fingerprint density at radius 1 is 1.44 bits per heavy atom. The van der Waals surface area contributed by atoms with E-state index < -0.39 is 0 Å². The maximum absolute atomic E-state index is 10.3. The molecule has 0 radical (unpaired) electrons. The second-order valence-corrected chi connectivity index (χ2v) is 5.49. The largest absolute Gasteiger partial charge is 0.393 e. The molecular formula is C14H26O4. The number of aliphatic hydroxyl groups is 1. The highest BCUT2D eigenvalue weighted by molar-refractivity contribution is 4.92. The molecule has 2 aliphatic rings. The monoisotopic (exact) mass is 258 g/mol. The van der Waals surface area contributed by atoms with Crippen LogP contribution in [0.25, 0.3) is 0 Å². The van der Waals surface area contributed by atoms with Crippen molar-refractivity contribution >= 4 is 0 Å². The minimum absolute atomic E-state index is 0.0934. The van der Waals surface area contributed by atoms with Gasteiger partial charge in [-0.05, 0) is 38.5 Å². The van der Waals surface area contributed by atoms with Gasteiger partial charge in [-0.1, -0.05) is 0 Å². The van der Waals surface area contributed by atoms with E-state index in [0.29, 0.717) is 12.5 Å². The van der Waals surface area contributed by atoms with E-state index in [4.69, 9.17) is 14.2 Å². The van der Waals surface area contributed by atoms with E-state index in [1.807, 2.05) is 6.92 Å². The number of hydrogen-bond donors (Lipinski definition) is 1. The predicted molar refractivity (Wildman–Crippen MR) is 68.6 cm³/mol. The van der Waals surface area contributed by atoms with Gasteiger partial charge in [0.15, 0.2) is 0 Å². The third-order valence-corrected chi connectivity index (χ3v) is 4.14. The highest BCUT2D eigenvalue weighted by Gasteiger charge is 2.42. The normalized spacial score (nSPS) is 34.0. The van der Waals surface area contributed by atoms with Gasteiger partial charge >= 0.3 is 0 Å². The molecule has 3 unspecified atom stereocenters. The third-order valence-electron chi connectivity index (χ3n) is 4.14. The van der Waals surface area contributed by atoms with E-state index in [1.54, 1.807) is 0 Å². The van der Waals surface area contributed by atoms with Crippen LogP contribution in [0, 0.1) is 5.92 Å². The van der Waals surface area contributed by atoms with Gasteiger partial charge in [0.25, 0.3) is 0 Å². The second-order valence-electron chi connectivity index (χ2n) is 5.49. The predicted octanol–water partition coefficient (Wildman–Crippen LogP) is 1.75. The van der Waals surface area contributed by atoms with Crippen LogP contribution >= 0.6 is 0 Å². The van der Waals surface area contributed by atoms with E-state index >= 15 is 0 Å². The molecule has 0 bridgehead atoms. The van der Waals surface area contributed by atoms with Gasteiger partial charge in [-0.3, -0.25) is 0 Å². The molecule has 3 atom stereocenters. The summed E-state index contributed by atoms with van der Waals surface area (Å²) >= 11 is 0. The lowest BCUT2D eigenvalue weighted by Gasteiger charge is -2.39. The number of hydrogen-bond acceptors (Lipinski definition) is 4. The van der Waals surface area contributed by atoms with E-state index in [2.05, 4.69) is 0 Å². The molecule has 0 saturated carbocycles. The summed E-state index contributed by atoms with van der Waals surface area (Å²) in [6.45, 7) is 5.77. The van der Waals surface area contributed by atoms with Crippen LogP contribution in [0.5, 0.6) is 0 Å². The standard InChI is InChI=1S/C14H26O4/c1-2-16-7-3-4-13(15)12-5-8-18-14(10-12)6-9-17-11-14/h12-13,15H,2-11H2,1H3. The summed E-state index contributed by atoms with van der Waals surface area (Å²) in [5, 5.41) is 10.3. The first-order valence-electron chi connectivity index (χ1n) is 7.23. The van der Waals surface area contributed by atoms with Crippen LogP contribution in [0.15, 0.2) is 0 Å². The zero-order valence-electron chi connectivity index (χ0n) is 11.4. The molecule has 4 nitrogen and oxygen atoms in total. The van der Waals surface area contributed by atoms with Gasteiger partial charge in [0.2, 0.25) is 0 Å². The van der Waals surface area contributed by atoms with Crippen molar-refractivity contribution < 1.29 is 19.3 Å². The lowest BCUT2D eigenvalue weighted by molar-refractivity contribution is -0.117. The molecule has 2 fully saturated rings. The first-order chi connectivity index (χ1) is 8.76. The third kappa shape index (κ3) is 3.67. The van der Waals surface area contributed by atoms with Crippen molar-refractivity contribution in [2.75, 3.05) is 33.0 Å². The summed E-state index contributed by atoms with van der Waals surface area (Å²) in [7, 11) is 0.